The Bertz CT molecular complexity index is 4580. The standard InChI is InChI=1S/C15H14N2.C13H14.C12H12.C11H13N.C10H12.C8H8N2.C8H17NO.C7H5N2.C4H9NO.CH3.Pr/c1-12-16-14-9-5-6-10-15(14)17(12)11-13-7-3-2-4-8-13;1-10(2)12-8-7-11-5-3-4-6-13(11)9-12;1-2-10-7-5-8-11-6-3-4-9-12(10)11;1-3-9-8(2)12-11-7-5-4-6-10(9)11;1-8-6-9-4-2-3-5-10(9)7-8;1-6-9-7-4-2-3-5-8(7)10-6;1-8(2)7-9-3-5-10-6-4-9;1-2-4-7-6(3-1)8-5-9-7;1-3-5-4(2)6;;/h2-10H,11H2,1H3;3-10H,1-2H3;3-9H,2H2,1H3;4-7,12H,3H2,1-2H3;2-5,8H,6-7H2,1H3;2-5H,1H3,(H,9,10);8H,3-7H2,1-2H3;1-4H,(H,8,9);3H2,1-2H3,(H,5,6);1H3;/q;;;;;;;-1;;-1;. The van der Waals surface area contributed by atoms with Gasteiger partial charge < -0.3 is 42.0 Å². The summed E-state index contributed by atoms with van der Waals surface area (Å²) in [5.41, 5.74) is 17.7. The third-order valence-electron chi connectivity index (χ3n) is 17.3. The summed E-state index contributed by atoms with van der Waals surface area (Å²) in [6.07, 6.45) is 7.46. The molecule has 2 aliphatic rings. The number of morpholine rings is 1. The van der Waals surface area contributed by atoms with Gasteiger partial charge in [-0.15, -0.1) is 12.1 Å². The fourth-order valence-corrected chi connectivity index (χ4v) is 12.4. The Morgan fingerprint density at radius 1 is 0.584 bits per heavy atom. The Labute approximate surface area is 635 Å². The minimum Gasteiger partial charge on any atom is -0.461 e. The molecule has 0 saturated carbocycles. The molecule has 0 unspecified atom stereocenters. The van der Waals surface area contributed by atoms with Crippen molar-refractivity contribution in [3.8, 4) is 0 Å². The number of para-hydroxylation sites is 7. The summed E-state index contributed by atoms with van der Waals surface area (Å²) in [4.78, 5) is 34.6. The molecule has 0 atom stereocenters. The fourth-order valence-electron chi connectivity index (χ4n) is 12.4. The number of benzene rings is 10. The van der Waals surface area contributed by atoms with E-state index in [1.807, 2.05) is 74.5 Å². The molecule has 16 rings (SSSR count). The van der Waals surface area contributed by atoms with E-state index in [-0.39, 0.29) is 54.6 Å². The molecule has 101 heavy (non-hydrogen) atoms. The molecule has 12 heteroatoms. The van der Waals surface area contributed by atoms with Gasteiger partial charge in [-0.1, -0.05) is 254 Å². The molecule has 1 amide bonds. The van der Waals surface area contributed by atoms with Crippen LogP contribution >= 0.6 is 0 Å². The SMILES string of the molecule is CC(C)CN1CCOCC1.CC(C)c1ccc2ccccc2c1.CC1Cc2ccccc2C1.CCNC(C)=O.CCc1c(C)[nH]c2ccccc12.CCc1cccc2ccccc12.Cc1nc2ccccc2[nH]1.Cc1nc2ccccc2n1Cc1ccccc1.[CH3-].[Pr].[c-]1nc2ccccc2[nH]1. The summed E-state index contributed by atoms with van der Waals surface area (Å²) in [7, 11) is 0. The van der Waals surface area contributed by atoms with Crippen LogP contribution < -0.4 is 5.32 Å². The molecule has 0 bridgehead atoms. The first-order valence-corrected chi connectivity index (χ1v) is 35.4. The van der Waals surface area contributed by atoms with Crippen molar-refractivity contribution in [1.29, 1.82) is 0 Å². The van der Waals surface area contributed by atoms with Gasteiger partial charge in [-0.05, 0) is 163 Å². The van der Waals surface area contributed by atoms with E-state index >= 15 is 0 Å². The summed E-state index contributed by atoms with van der Waals surface area (Å²) in [6.45, 7) is 32.2. The average molecular weight is 1480 g/mol. The van der Waals surface area contributed by atoms with Crippen molar-refractivity contribution in [3.05, 3.63) is 301 Å². The molecule has 1 radical (unpaired) electrons. The van der Waals surface area contributed by atoms with Gasteiger partial charge in [0.25, 0.3) is 0 Å². The van der Waals surface area contributed by atoms with E-state index < -0.39 is 0 Å². The maximum absolute atomic E-state index is 9.93. The Hall–Kier alpha value is -8.58. The van der Waals surface area contributed by atoms with Crippen molar-refractivity contribution >= 4 is 71.5 Å². The van der Waals surface area contributed by atoms with E-state index in [0.717, 1.165) is 103 Å². The van der Waals surface area contributed by atoms with Crippen LogP contribution in [0.4, 0.5) is 0 Å². The number of H-pyrrole nitrogens is 3. The first-order chi connectivity index (χ1) is 48.1. The fraction of sp³-hybridized carbons (Fsp3) is 0.292. The van der Waals surface area contributed by atoms with Crippen LogP contribution in [0.2, 0.25) is 0 Å². The van der Waals surface area contributed by atoms with Gasteiger partial charge in [-0.25, -0.2) is 9.97 Å². The molecule has 1 saturated heterocycles. The molecule has 525 valence electrons. The van der Waals surface area contributed by atoms with E-state index in [2.05, 4.69) is 289 Å². The van der Waals surface area contributed by atoms with E-state index in [0.29, 0.717) is 5.92 Å². The number of nitrogens with zero attached hydrogens (tertiary/aromatic N) is 5. The van der Waals surface area contributed by atoms with Gasteiger partial charge in [0.15, 0.2) is 0 Å². The van der Waals surface area contributed by atoms with Crippen LogP contribution in [-0.4, -0.2) is 84.7 Å². The maximum Gasteiger partial charge on any atom is 0.216 e. The third-order valence-corrected chi connectivity index (χ3v) is 17.3. The van der Waals surface area contributed by atoms with Gasteiger partial charge >= 0.3 is 0 Å². The molecule has 14 aromatic rings. The molecule has 1 fully saturated rings. The summed E-state index contributed by atoms with van der Waals surface area (Å²) in [5, 5.41) is 9.34. The molecule has 11 nitrogen and oxygen atoms in total. The summed E-state index contributed by atoms with van der Waals surface area (Å²) < 4.78 is 7.49. The van der Waals surface area contributed by atoms with Crippen molar-refractivity contribution in [2.45, 2.75) is 121 Å². The van der Waals surface area contributed by atoms with Crippen LogP contribution in [0.25, 0.3) is 65.5 Å². The zero-order valence-electron chi connectivity index (χ0n) is 62.2. The molecule has 10 aromatic carbocycles. The largest absolute Gasteiger partial charge is 0.461 e. The number of carbonyl (C=O) groups excluding carboxylic acids is 1. The normalized spacial score (nSPS) is 12.1. The van der Waals surface area contributed by atoms with Crippen LogP contribution in [0.5, 0.6) is 0 Å². The molecule has 1 aliphatic heterocycles. The number of amides is 1. The topological polar surface area (TPSA) is 133 Å². The van der Waals surface area contributed by atoms with E-state index in [4.69, 9.17) is 4.74 Å². The first kappa shape index (κ1) is 81.4. The number of ether oxygens (including phenoxy) is 1. The molecular formula is C89H107N9O2Pr-2. The first-order valence-electron chi connectivity index (χ1n) is 35.4. The second-order valence-electron chi connectivity index (χ2n) is 26.0. The molecule has 0 spiro atoms. The number of nitrogens with one attached hydrogen (secondary N) is 4. The molecule has 4 aromatic heterocycles. The zero-order chi connectivity index (χ0) is 70.3. The van der Waals surface area contributed by atoms with Gasteiger partial charge in [-0.3, -0.25) is 9.69 Å². The van der Waals surface area contributed by atoms with Crippen LogP contribution in [0, 0.1) is 87.7 Å². The van der Waals surface area contributed by atoms with Gasteiger partial charge in [-0.2, -0.15) is 0 Å². The number of aromatic amines is 3. The number of hydrogen-bond donors (Lipinski definition) is 4. The number of carbonyl (C=O) groups is 1. The zero-order valence-corrected chi connectivity index (χ0v) is 65.9. The van der Waals surface area contributed by atoms with E-state index in [1.165, 1.54) is 92.2 Å². The van der Waals surface area contributed by atoms with Gasteiger partial charge in [0.1, 0.15) is 11.6 Å². The summed E-state index contributed by atoms with van der Waals surface area (Å²) in [5.74, 6) is 4.36. The second kappa shape index (κ2) is 43.3. The predicted octanol–water partition coefficient (Wildman–Crippen LogP) is 21.0. The number of hydrogen-bond acceptors (Lipinski definition) is 6. The second-order valence-corrected chi connectivity index (χ2v) is 26.0. The third kappa shape index (κ3) is 25.8. The number of imidazole rings is 3. The maximum atomic E-state index is 9.93. The predicted molar refractivity (Wildman–Crippen MR) is 425 cm³/mol. The number of aryl methyl sites for hydroxylation is 5. The minimum absolute atomic E-state index is 0. The van der Waals surface area contributed by atoms with E-state index in [1.54, 1.807) is 11.1 Å². The Morgan fingerprint density at radius 3 is 1.76 bits per heavy atom. The van der Waals surface area contributed by atoms with Crippen molar-refractivity contribution < 1.29 is 50.8 Å². The van der Waals surface area contributed by atoms with E-state index in [9.17, 15) is 4.79 Å². The average Bonchev–Trinajstić information content (AvgIpc) is 1.69. The Morgan fingerprint density at radius 2 is 1.15 bits per heavy atom. The monoisotopic (exact) mass is 1470 g/mol. The van der Waals surface area contributed by atoms with Crippen LogP contribution in [0.3, 0.4) is 0 Å². The molecule has 5 heterocycles. The smallest absolute Gasteiger partial charge is 0.216 e. The minimum atomic E-state index is 0. The van der Waals surface area contributed by atoms with Crippen molar-refractivity contribution in [1.82, 2.24) is 44.7 Å². The Balaban J connectivity index is 0.000000180. The van der Waals surface area contributed by atoms with Crippen LogP contribution in [0.15, 0.2) is 237 Å². The molecule has 1 aliphatic carbocycles. The van der Waals surface area contributed by atoms with Crippen molar-refractivity contribution in [2.24, 2.45) is 11.8 Å². The summed E-state index contributed by atoms with van der Waals surface area (Å²) in [6, 6.07) is 82.0. The van der Waals surface area contributed by atoms with Crippen LogP contribution in [0.1, 0.15) is 119 Å². The van der Waals surface area contributed by atoms with Gasteiger partial charge in [0, 0.05) is 97.5 Å². The summed E-state index contributed by atoms with van der Waals surface area (Å²) >= 11 is 0. The Kier molecular flexibility index (Phi) is 34.9. The van der Waals surface area contributed by atoms with Crippen molar-refractivity contribution in [3.63, 3.8) is 0 Å². The molecular weight excluding hydrogens is 1370 g/mol. The number of fused-ring (bicyclic) bond motifs is 7. The van der Waals surface area contributed by atoms with Gasteiger partial charge in [0.05, 0.1) is 35.3 Å². The number of aromatic nitrogens is 7. The number of rotatable bonds is 8. The molecule has 4 N–H and O–H groups in total. The van der Waals surface area contributed by atoms with Crippen molar-refractivity contribution in [2.75, 3.05) is 39.4 Å². The quantitative estimate of drug-likeness (QED) is 0.112. The van der Waals surface area contributed by atoms with Gasteiger partial charge in [0.2, 0.25) is 5.91 Å². The van der Waals surface area contributed by atoms with Crippen LogP contribution in [-0.2, 0) is 41.8 Å².